The first-order chi connectivity index (χ1) is 9.49. The number of nitrogens with one attached hydrogen (secondary N) is 1. The van der Waals surface area contributed by atoms with Gasteiger partial charge in [0.1, 0.15) is 6.04 Å². The number of carboxylic acid groups (broad SMARTS) is 1. The number of rotatable bonds is 3. The van der Waals surface area contributed by atoms with Gasteiger partial charge in [0.2, 0.25) is 11.8 Å². The summed E-state index contributed by atoms with van der Waals surface area (Å²) in [7, 11) is 0. The molecule has 1 heterocycles. The van der Waals surface area contributed by atoms with Gasteiger partial charge >= 0.3 is 5.97 Å². The number of anilines is 1. The summed E-state index contributed by atoms with van der Waals surface area (Å²) in [6, 6.07) is 6.54. The molecule has 0 radical (unpaired) electrons. The maximum Gasteiger partial charge on any atom is 0.328 e. The lowest BCUT2D eigenvalue weighted by Gasteiger charge is -2.34. The number of aliphatic carboxylic acids is 1. The van der Waals surface area contributed by atoms with Gasteiger partial charge in [-0.1, -0.05) is 18.2 Å². The third-order valence-corrected chi connectivity index (χ3v) is 3.08. The van der Waals surface area contributed by atoms with Crippen molar-refractivity contribution in [1.29, 1.82) is 0 Å². The van der Waals surface area contributed by atoms with Gasteiger partial charge in [0, 0.05) is 11.8 Å². The summed E-state index contributed by atoms with van der Waals surface area (Å²) in [5, 5.41) is 11.0. The number of carbonyl (C=O) groups excluding carboxylic acids is 2. The molecule has 6 heteroatoms. The Morgan fingerprint density at radius 1 is 1.40 bits per heavy atom. The summed E-state index contributed by atoms with van der Waals surface area (Å²) in [5.74, 6) is -1.79. The van der Waals surface area contributed by atoms with E-state index >= 15 is 0 Å². The van der Waals surface area contributed by atoms with Gasteiger partial charge < -0.3 is 10.0 Å². The molecule has 0 saturated carbocycles. The van der Waals surface area contributed by atoms with Crippen LogP contribution in [0.25, 0.3) is 6.08 Å². The highest BCUT2D eigenvalue weighted by Gasteiger charge is 2.31. The van der Waals surface area contributed by atoms with Crippen molar-refractivity contribution in [3.63, 3.8) is 0 Å². The first-order valence-electron chi connectivity index (χ1n) is 6.09. The van der Waals surface area contributed by atoms with Crippen LogP contribution < -0.4 is 10.2 Å². The van der Waals surface area contributed by atoms with Crippen LogP contribution in [0.15, 0.2) is 30.3 Å². The van der Waals surface area contributed by atoms with Crippen molar-refractivity contribution in [2.45, 2.75) is 13.0 Å². The summed E-state index contributed by atoms with van der Waals surface area (Å²) in [6.07, 6.45) is 2.47. The molecule has 2 rings (SSSR count). The molecule has 2 N–H and O–H groups in total. The SMILES string of the molecule is CC1C(=O)NC(=O)CN1c1ccccc1C=CC(=O)O. The van der Waals surface area contributed by atoms with Gasteiger partial charge in [0.15, 0.2) is 0 Å². The molecule has 20 heavy (non-hydrogen) atoms. The van der Waals surface area contributed by atoms with Crippen LogP contribution in [0.5, 0.6) is 0 Å². The van der Waals surface area contributed by atoms with Crippen LogP contribution in [0, 0.1) is 0 Å². The Balaban J connectivity index is 2.38. The Morgan fingerprint density at radius 3 is 2.80 bits per heavy atom. The highest BCUT2D eigenvalue weighted by molar-refractivity contribution is 6.04. The summed E-state index contributed by atoms with van der Waals surface area (Å²) in [4.78, 5) is 35.4. The number of benzene rings is 1. The third kappa shape index (κ3) is 2.85. The van der Waals surface area contributed by atoms with E-state index in [4.69, 9.17) is 5.11 Å². The van der Waals surface area contributed by atoms with Crippen LogP contribution in [-0.4, -0.2) is 35.5 Å². The summed E-state index contributed by atoms with van der Waals surface area (Å²) < 4.78 is 0. The van der Waals surface area contributed by atoms with Crippen molar-refractivity contribution >= 4 is 29.5 Å². The quantitative estimate of drug-likeness (QED) is 0.624. The minimum Gasteiger partial charge on any atom is -0.478 e. The lowest BCUT2D eigenvalue weighted by atomic mass is 10.1. The zero-order valence-electron chi connectivity index (χ0n) is 10.9. The van der Waals surface area contributed by atoms with Crippen molar-refractivity contribution in [2.24, 2.45) is 0 Å². The van der Waals surface area contributed by atoms with E-state index < -0.39 is 12.0 Å². The predicted octanol–water partition coefficient (Wildman–Crippen LogP) is 0.636. The molecule has 0 aromatic heterocycles. The van der Waals surface area contributed by atoms with Crippen molar-refractivity contribution < 1.29 is 19.5 Å². The molecular weight excluding hydrogens is 260 g/mol. The van der Waals surface area contributed by atoms with Crippen LogP contribution >= 0.6 is 0 Å². The molecule has 1 aromatic rings. The molecule has 1 unspecified atom stereocenters. The van der Waals surface area contributed by atoms with E-state index in [1.807, 2.05) is 0 Å². The van der Waals surface area contributed by atoms with E-state index in [-0.39, 0.29) is 18.4 Å². The fraction of sp³-hybridized carbons (Fsp3) is 0.214. The normalized spacial score (nSPS) is 19.2. The number of nitrogens with zero attached hydrogens (tertiary/aromatic N) is 1. The van der Waals surface area contributed by atoms with Gasteiger partial charge in [-0.15, -0.1) is 0 Å². The van der Waals surface area contributed by atoms with Gasteiger partial charge in [-0.3, -0.25) is 14.9 Å². The van der Waals surface area contributed by atoms with E-state index in [1.54, 1.807) is 36.1 Å². The van der Waals surface area contributed by atoms with E-state index in [0.717, 1.165) is 6.08 Å². The Hall–Kier alpha value is -2.63. The molecular formula is C14H14N2O4. The summed E-state index contributed by atoms with van der Waals surface area (Å²) in [5.41, 5.74) is 1.30. The molecule has 1 atom stereocenters. The zero-order chi connectivity index (χ0) is 14.7. The number of amides is 2. The molecule has 1 aromatic carbocycles. The van der Waals surface area contributed by atoms with Gasteiger partial charge in [-0.2, -0.15) is 0 Å². The highest BCUT2D eigenvalue weighted by atomic mass is 16.4. The third-order valence-electron chi connectivity index (χ3n) is 3.08. The maximum atomic E-state index is 11.7. The number of carboxylic acids is 1. The largest absolute Gasteiger partial charge is 0.478 e. The van der Waals surface area contributed by atoms with Crippen molar-refractivity contribution in [3.8, 4) is 0 Å². The number of hydrogen-bond acceptors (Lipinski definition) is 4. The first kappa shape index (κ1) is 13.8. The maximum absolute atomic E-state index is 11.7. The minimum absolute atomic E-state index is 0.0603. The monoisotopic (exact) mass is 274 g/mol. The molecule has 1 aliphatic heterocycles. The lowest BCUT2D eigenvalue weighted by Crippen LogP contribution is -2.57. The van der Waals surface area contributed by atoms with Gasteiger partial charge in [0.05, 0.1) is 6.54 Å². The molecule has 6 nitrogen and oxygen atoms in total. The Morgan fingerprint density at radius 2 is 2.10 bits per heavy atom. The summed E-state index contributed by atoms with van der Waals surface area (Å²) >= 11 is 0. The first-order valence-corrected chi connectivity index (χ1v) is 6.09. The molecule has 1 saturated heterocycles. The van der Waals surface area contributed by atoms with E-state index in [9.17, 15) is 14.4 Å². The van der Waals surface area contributed by atoms with Crippen molar-refractivity contribution in [1.82, 2.24) is 5.32 Å². The van der Waals surface area contributed by atoms with Crippen molar-refractivity contribution in [2.75, 3.05) is 11.4 Å². The second kappa shape index (κ2) is 5.56. The van der Waals surface area contributed by atoms with Crippen LogP contribution in [0.4, 0.5) is 5.69 Å². The smallest absolute Gasteiger partial charge is 0.328 e. The van der Waals surface area contributed by atoms with Crippen LogP contribution in [0.2, 0.25) is 0 Å². The molecule has 0 bridgehead atoms. The highest BCUT2D eigenvalue weighted by Crippen LogP contribution is 2.25. The topological polar surface area (TPSA) is 86.7 Å². The Kier molecular flexibility index (Phi) is 3.84. The van der Waals surface area contributed by atoms with E-state index in [2.05, 4.69) is 5.32 Å². The summed E-state index contributed by atoms with van der Waals surface area (Å²) in [6.45, 7) is 1.75. The lowest BCUT2D eigenvalue weighted by molar-refractivity contribution is -0.133. The minimum atomic E-state index is -1.06. The van der Waals surface area contributed by atoms with E-state index in [0.29, 0.717) is 11.3 Å². The number of imide groups is 1. The van der Waals surface area contributed by atoms with Crippen LogP contribution in [0.1, 0.15) is 12.5 Å². The number of para-hydroxylation sites is 1. The van der Waals surface area contributed by atoms with Gasteiger partial charge in [-0.05, 0) is 24.6 Å². The molecule has 0 spiro atoms. The fourth-order valence-corrected chi connectivity index (χ4v) is 2.06. The average Bonchev–Trinajstić information content (AvgIpc) is 2.41. The molecule has 2 amide bonds. The van der Waals surface area contributed by atoms with Crippen molar-refractivity contribution in [3.05, 3.63) is 35.9 Å². The number of piperazine rings is 1. The standard InChI is InChI=1S/C14H14N2O4/c1-9-14(20)15-12(17)8-16(9)11-5-3-2-4-10(11)6-7-13(18)19/h2-7,9H,8H2,1H3,(H,18,19)(H,15,17,20). The number of carbonyl (C=O) groups is 3. The van der Waals surface area contributed by atoms with Gasteiger partial charge in [-0.25, -0.2) is 4.79 Å². The zero-order valence-corrected chi connectivity index (χ0v) is 10.9. The Labute approximate surface area is 115 Å². The number of hydrogen-bond donors (Lipinski definition) is 2. The molecule has 1 aliphatic rings. The second-order valence-electron chi connectivity index (χ2n) is 4.45. The molecule has 0 aliphatic carbocycles. The Bertz CT molecular complexity index is 595. The van der Waals surface area contributed by atoms with Crippen LogP contribution in [0.3, 0.4) is 0 Å². The second-order valence-corrected chi connectivity index (χ2v) is 4.45. The fourth-order valence-electron chi connectivity index (χ4n) is 2.06. The van der Waals surface area contributed by atoms with E-state index in [1.165, 1.54) is 6.08 Å². The average molecular weight is 274 g/mol. The van der Waals surface area contributed by atoms with Gasteiger partial charge in [0.25, 0.3) is 0 Å². The molecule has 1 fully saturated rings. The molecule has 104 valence electrons. The van der Waals surface area contributed by atoms with Crippen LogP contribution in [-0.2, 0) is 14.4 Å². The predicted molar refractivity (Wildman–Crippen MR) is 73.1 cm³/mol.